The van der Waals surface area contributed by atoms with Crippen LogP contribution in [0.15, 0.2) is 29.3 Å². The van der Waals surface area contributed by atoms with Crippen LogP contribution < -0.4 is 4.90 Å². The summed E-state index contributed by atoms with van der Waals surface area (Å²) in [7, 11) is 0. The Bertz CT molecular complexity index is 912. The first-order chi connectivity index (χ1) is 12.9. The molecule has 6 nitrogen and oxygen atoms in total. The molecular formula is C20H21N5OS. The van der Waals surface area contributed by atoms with Crippen molar-refractivity contribution in [2.24, 2.45) is 0 Å². The van der Waals surface area contributed by atoms with Gasteiger partial charge in [0.2, 0.25) is 5.91 Å². The third-order valence-corrected chi connectivity index (χ3v) is 5.05. The average Bonchev–Trinajstić information content (AvgIpc) is 2.62. The number of nitrogens with zero attached hydrogens (tertiary/aromatic N) is 5. The zero-order valence-electron chi connectivity index (χ0n) is 15.9. The number of benzene rings is 1. The lowest BCUT2D eigenvalue weighted by Gasteiger charge is -2.25. The van der Waals surface area contributed by atoms with Crippen LogP contribution >= 0.6 is 11.8 Å². The fourth-order valence-electron chi connectivity index (χ4n) is 2.59. The molecule has 7 heteroatoms. The SMILES string of the molecule is Cc1ccc(N(CCC#N)C(=O)C(C)Sc2nc(C)nc(C)c2C#N)cc1. The van der Waals surface area contributed by atoms with Gasteiger partial charge in [0.1, 0.15) is 22.5 Å². The van der Waals surface area contributed by atoms with Crippen LogP contribution in [-0.2, 0) is 4.79 Å². The third kappa shape index (κ3) is 5.06. The number of amides is 1. The standard InChI is InChI=1S/C20H21N5OS/c1-13-6-8-17(9-7-13)25(11-5-10-21)20(26)15(3)27-19-18(12-22)14(2)23-16(4)24-19/h6-9,15H,5,11H2,1-4H3. The highest BCUT2D eigenvalue weighted by Gasteiger charge is 2.25. The van der Waals surface area contributed by atoms with Crippen molar-refractivity contribution in [1.29, 1.82) is 10.5 Å². The Labute approximate surface area is 163 Å². The minimum absolute atomic E-state index is 0.128. The fraction of sp³-hybridized carbons (Fsp3) is 0.350. The maximum Gasteiger partial charge on any atom is 0.240 e. The van der Waals surface area contributed by atoms with Crippen LogP contribution in [0.1, 0.15) is 36.0 Å². The van der Waals surface area contributed by atoms with E-state index in [0.717, 1.165) is 11.3 Å². The second-order valence-electron chi connectivity index (χ2n) is 6.14. The number of rotatable bonds is 6. The van der Waals surface area contributed by atoms with Crippen LogP contribution in [0.25, 0.3) is 0 Å². The number of carbonyl (C=O) groups excluding carboxylic acids is 1. The fourth-order valence-corrected chi connectivity index (χ4v) is 3.64. The summed E-state index contributed by atoms with van der Waals surface area (Å²) < 4.78 is 0. The minimum Gasteiger partial charge on any atom is -0.310 e. The molecular weight excluding hydrogens is 358 g/mol. The molecule has 1 amide bonds. The highest BCUT2D eigenvalue weighted by molar-refractivity contribution is 8.00. The molecule has 0 radical (unpaired) electrons. The van der Waals surface area contributed by atoms with Gasteiger partial charge in [-0.2, -0.15) is 10.5 Å². The molecule has 1 heterocycles. The van der Waals surface area contributed by atoms with Gasteiger partial charge < -0.3 is 4.90 Å². The first-order valence-electron chi connectivity index (χ1n) is 8.54. The largest absolute Gasteiger partial charge is 0.310 e. The minimum atomic E-state index is -0.467. The number of anilines is 1. The lowest BCUT2D eigenvalue weighted by molar-refractivity contribution is -0.117. The molecule has 2 rings (SSSR count). The van der Waals surface area contributed by atoms with Gasteiger partial charge in [-0.1, -0.05) is 29.5 Å². The number of nitriles is 2. The van der Waals surface area contributed by atoms with Crippen LogP contribution in [0.2, 0.25) is 0 Å². The van der Waals surface area contributed by atoms with Crippen molar-refractivity contribution in [3.05, 3.63) is 46.9 Å². The highest BCUT2D eigenvalue weighted by Crippen LogP contribution is 2.28. The molecule has 0 N–H and O–H groups in total. The van der Waals surface area contributed by atoms with E-state index in [2.05, 4.69) is 22.1 Å². The molecule has 0 fully saturated rings. The number of hydrogen-bond donors (Lipinski definition) is 0. The second-order valence-corrected chi connectivity index (χ2v) is 7.47. The van der Waals surface area contributed by atoms with Crippen LogP contribution in [0.5, 0.6) is 0 Å². The predicted octanol–water partition coefficient (Wildman–Crippen LogP) is 3.70. The van der Waals surface area contributed by atoms with Gasteiger partial charge in [-0.05, 0) is 39.8 Å². The van der Waals surface area contributed by atoms with E-state index in [1.165, 1.54) is 11.8 Å². The maximum absolute atomic E-state index is 13.1. The Morgan fingerprint density at radius 2 is 1.85 bits per heavy atom. The third-order valence-electron chi connectivity index (χ3n) is 3.98. The molecule has 1 atom stereocenters. The van der Waals surface area contributed by atoms with Gasteiger partial charge >= 0.3 is 0 Å². The van der Waals surface area contributed by atoms with Gasteiger partial charge in [0, 0.05) is 12.2 Å². The molecule has 0 aliphatic carbocycles. The normalized spacial score (nSPS) is 11.3. The maximum atomic E-state index is 13.1. The van der Waals surface area contributed by atoms with E-state index in [0.29, 0.717) is 28.7 Å². The molecule has 1 aromatic carbocycles. The summed E-state index contributed by atoms with van der Waals surface area (Å²) in [5, 5.41) is 18.4. The van der Waals surface area contributed by atoms with Gasteiger partial charge in [0.25, 0.3) is 0 Å². The monoisotopic (exact) mass is 379 g/mol. The van der Waals surface area contributed by atoms with E-state index in [1.54, 1.807) is 25.7 Å². The van der Waals surface area contributed by atoms with E-state index in [-0.39, 0.29) is 12.3 Å². The van der Waals surface area contributed by atoms with Crippen molar-refractivity contribution in [3.8, 4) is 12.1 Å². The van der Waals surface area contributed by atoms with Crippen molar-refractivity contribution in [1.82, 2.24) is 9.97 Å². The summed E-state index contributed by atoms with van der Waals surface area (Å²) in [6, 6.07) is 11.8. The molecule has 138 valence electrons. The Morgan fingerprint density at radius 1 is 1.19 bits per heavy atom. The molecule has 0 saturated heterocycles. The Morgan fingerprint density at radius 3 is 2.44 bits per heavy atom. The number of thioether (sulfide) groups is 1. The highest BCUT2D eigenvalue weighted by atomic mass is 32.2. The first kappa shape index (κ1) is 20.4. The van der Waals surface area contributed by atoms with Crippen molar-refractivity contribution < 1.29 is 4.79 Å². The van der Waals surface area contributed by atoms with E-state index in [9.17, 15) is 10.1 Å². The molecule has 0 bridgehead atoms. The van der Waals surface area contributed by atoms with Crippen LogP contribution in [-0.4, -0.2) is 27.7 Å². The van der Waals surface area contributed by atoms with E-state index < -0.39 is 5.25 Å². The number of aromatic nitrogens is 2. The van der Waals surface area contributed by atoms with Crippen LogP contribution in [0.4, 0.5) is 5.69 Å². The van der Waals surface area contributed by atoms with Crippen molar-refractivity contribution >= 4 is 23.4 Å². The zero-order chi connectivity index (χ0) is 20.0. The summed E-state index contributed by atoms with van der Waals surface area (Å²) in [5.74, 6) is 0.436. The summed E-state index contributed by atoms with van der Waals surface area (Å²) in [6.07, 6.45) is 0.242. The lowest BCUT2D eigenvalue weighted by Crippen LogP contribution is -2.37. The molecule has 0 spiro atoms. The zero-order valence-corrected chi connectivity index (χ0v) is 16.7. The number of aryl methyl sites for hydroxylation is 3. The van der Waals surface area contributed by atoms with Crippen molar-refractivity contribution in [2.75, 3.05) is 11.4 Å². The Kier molecular flexibility index (Phi) is 6.92. The van der Waals surface area contributed by atoms with E-state index >= 15 is 0 Å². The van der Waals surface area contributed by atoms with Crippen molar-refractivity contribution in [3.63, 3.8) is 0 Å². The van der Waals surface area contributed by atoms with E-state index in [1.807, 2.05) is 31.2 Å². The molecule has 1 unspecified atom stereocenters. The molecule has 0 aliphatic rings. The summed E-state index contributed by atoms with van der Waals surface area (Å²) in [4.78, 5) is 23.2. The molecule has 2 aromatic rings. The van der Waals surface area contributed by atoms with Gasteiger partial charge in [0.05, 0.1) is 23.4 Å². The number of carbonyl (C=O) groups is 1. The summed E-state index contributed by atoms with van der Waals surface area (Å²) in [5.41, 5.74) is 2.85. The second kappa shape index (κ2) is 9.16. The number of hydrogen-bond acceptors (Lipinski definition) is 6. The summed E-state index contributed by atoms with van der Waals surface area (Å²) in [6.45, 7) is 7.60. The Hall–Kier alpha value is -2.90. The summed E-state index contributed by atoms with van der Waals surface area (Å²) >= 11 is 1.24. The van der Waals surface area contributed by atoms with Gasteiger partial charge in [-0.25, -0.2) is 9.97 Å². The quantitative estimate of drug-likeness (QED) is 0.561. The molecule has 0 aliphatic heterocycles. The molecule has 1 aromatic heterocycles. The van der Waals surface area contributed by atoms with Gasteiger partial charge in [0.15, 0.2) is 0 Å². The molecule has 27 heavy (non-hydrogen) atoms. The lowest BCUT2D eigenvalue weighted by atomic mass is 10.2. The average molecular weight is 379 g/mol. The van der Waals surface area contributed by atoms with Gasteiger partial charge in [-0.3, -0.25) is 4.79 Å². The van der Waals surface area contributed by atoms with Crippen molar-refractivity contribution in [2.45, 2.75) is 44.4 Å². The Balaban J connectivity index is 2.29. The van der Waals surface area contributed by atoms with E-state index in [4.69, 9.17) is 5.26 Å². The topological polar surface area (TPSA) is 93.7 Å². The molecule has 0 saturated carbocycles. The smallest absolute Gasteiger partial charge is 0.240 e. The van der Waals surface area contributed by atoms with Crippen LogP contribution in [0.3, 0.4) is 0 Å². The first-order valence-corrected chi connectivity index (χ1v) is 9.42. The van der Waals surface area contributed by atoms with Gasteiger partial charge in [-0.15, -0.1) is 0 Å². The predicted molar refractivity (Wildman–Crippen MR) is 105 cm³/mol. The van der Waals surface area contributed by atoms with Crippen LogP contribution in [0, 0.1) is 43.4 Å².